The van der Waals surface area contributed by atoms with Gasteiger partial charge in [-0.05, 0) is 59.2 Å². The molecule has 41 heavy (non-hydrogen) atoms. The number of benzene rings is 3. The number of pyridine rings is 1. The van der Waals surface area contributed by atoms with Crippen molar-refractivity contribution in [3.05, 3.63) is 119 Å². The SMILES string of the molecule is N#Cc1ccc(-c2ccc(COc3ccc(Cl)cc3-c3cccc(-n4ncc(C(=O)O)c4C(F)(F)F)n3)cc2)cc1. The van der Waals surface area contributed by atoms with Crippen molar-refractivity contribution >= 4 is 17.6 Å². The maximum Gasteiger partial charge on any atom is 0.434 e. The number of carboxylic acids is 1. The molecule has 0 atom stereocenters. The molecule has 3 aromatic carbocycles. The van der Waals surface area contributed by atoms with Gasteiger partial charge in [0.1, 0.15) is 17.9 Å². The summed E-state index contributed by atoms with van der Waals surface area (Å²) in [6.45, 7) is 0.182. The van der Waals surface area contributed by atoms with E-state index >= 15 is 0 Å². The summed E-state index contributed by atoms with van der Waals surface area (Å²) in [5, 5.41) is 22.2. The molecule has 5 aromatic rings. The number of aromatic nitrogens is 3. The van der Waals surface area contributed by atoms with Crippen LogP contribution in [0.3, 0.4) is 0 Å². The maximum absolute atomic E-state index is 13.7. The molecular formula is C30H18ClF3N4O3. The van der Waals surface area contributed by atoms with Gasteiger partial charge in [-0.3, -0.25) is 0 Å². The van der Waals surface area contributed by atoms with Crippen molar-refractivity contribution in [2.75, 3.05) is 0 Å². The lowest BCUT2D eigenvalue weighted by atomic mass is 10.0. The first-order valence-electron chi connectivity index (χ1n) is 12.0. The number of rotatable bonds is 7. The van der Waals surface area contributed by atoms with Crippen LogP contribution >= 0.6 is 11.6 Å². The molecule has 0 fully saturated rings. The van der Waals surface area contributed by atoms with Gasteiger partial charge in [0.2, 0.25) is 0 Å². The second-order valence-electron chi connectivity index (χ2n) is 8.82. The molecule has 11 heteroatoms. The first kappa shape index (κ1) is 27.4. The van der Waals surface area contributed by atoms with E-state index in [0.717, 1.165) is 16.7 Å². The van der Waals surface area contributed by atoms with E-state index in [0.29, 0.717) is 32.8 Å². The number of aromatic carboxylic acids is 1. The highest BCUT2D eigenvalue weighted by Crippen LogP contribution is 2.35. The zero-order valence-electron chi connectivity index (χ0n) is 20.9. The Labute approximate surface area is 236 Å². The van der Waals surface area contributed by atoms with Gasteiger partial charge in [0.05, 0.1) is 23.5 Å². The predicted molar refractivity (Wildman–Crippen MR) is 145 cm³/mol. The molecule has 5 rings (SSSR count). The van der Waals surface area contributed by atoms with Crippen molar-refractivity contribution in [3.8, 4) is 40.0 Å². The van der Waals surface area contributed by atoms with Gasteiger partial charge in [-0.1, -0.05) is 54.1 Å². The highest BCUT2D eigenvalue weighted by Gasteiger charge is 2.41. The van der Waals surface area contributed by atoms with Gasteiger partial charge < -0.3 is 9.84 Å². The average Bonchev–Trinajstić information content (AvgIpc) is 3.44. The summed E-state index contributed by atoms with van der Waals surface area (Å²) in [4.78, 5) is 15.7. The van der Waals surface area contributed by atoms with E-state index in [-0.39, 0.29) is 18.1 Å². The quantitative estimate of drug-likeness (QED) is 0.217. The predicted octanol–water partition coefficient (Wildman–Crippen LogP) is 7.42. The van der Waals surface area contributed by atoms with Crippen LogP contribution in [-0.2, 0) is 12.8 Å². The third-order valence-electron chi connectivity index (χ3n) is 6.13. The van der Waals surface area contributed by atoms with E-state index < -0.39 is 23.4 Å². The highest BCUT2D eigenvalue weighted by atomic mass is 35.5. The lowest BCUT2D eigenvalue weighted by Gasteiger charge is -2.14. The number of hydrogen-bond donors (Lipinski definition) is 1. The van der Waals surface area contributed by atoms with E-state index in [2.05, 4.69) is 16.2 Å². The third-order valence-corrected chi connectivity index (χ3v) is 6.37. The minimum Gasteiger partial charge on any atom is -0.488 e. The molecule has 0 saturated carbocycles. The maximum atomic E-state index is 13.7. The molecule has 7 nitrogen and oxygen atoms in total. The zero-order chi connectivity index (χ0) is 29.1. The molecule has 0 bridgehead atoms. The zero-order valence-corrected chi connectivity index (χ0v) is 21.7. The summed E-state index contributed by atoms with van der Waals surface area (Å²) in [6.07, 6.45) is -4.35. The number of hydrogen-bond acceptors (Lipinski definition) is 5. The number of alkyl halides is 3. The molecule has 0 aliphatic heterocycles. The van der Waals surface area contributed by atoms with E-state index in [4.69, 9.17) is 21.6 Å². The number of carboxylic acid groups (broad SMARTS) is 1. The van der Waals surface area contributed by atoms with Gasteiger partial charge in [0, 0.05) is 10.6 Å². The van der Waals surface area contributed by atoms with Crippen molar-refractivity contribution in [3.63, 3.8) is 0 Å². The number of halogens is 4. The number of ether oxygens (including phenoxy) is 1. The normalized spacial score (nSPS) is 11.2. The van der Waals surface area contributed by atoms with Crippen molar-refractivity contribution in [1.29, 1.82) is 5.26 Å². The van der Waals surface area contributed by atoms with Crippen LogP contribution in [-0.4, -0.2) is 25.8 Å². The van der Waals surface area contributed by atoms with Crippen LogP contribution in [0.5, 0.6) is 5.75 Å². The summed E-state index contributed by atoms with van der Waals surface area (Å²) < 4.78 is 47.7. The number of nitriles is 1. The lowest BCUT2D eigenvalue weighted by Crippen LogP contribution is -2.18. The standard InChI is InChI=1S/C30H18ClF3N4O3/c31-22-12-13-26(41-17-19-6-10-21(11-7-19)20-8-4-18(15-35)5-9-20)23(14-22)25-2-1-3-27(37-25)38-28(30(32,33)34)24(16-36-38)29(39)40/h1-14,16H,17H2,(H,39,40). The molecule has 2 aromatic heterocycles. The Hall–Kier alpha value is -5.14. The molecule has 0 aliphatic carbocycles. The third kappa shape index (κ3) is 5.90. The van der Waals surface area contributed by atoms with Crippen LogP contribution in [0.15, 0.2) is 91.1 Å². The molecule has 0 saturated heterocycles. The fourth-order valence-corrected chi connectivity index (χ4v) is 4.33. The number of carbonyl (C=O) groups is 1. The molecule has 0 amide bonds. The smallest absolute Gasteiger partial charge is 0.434 e. The van der Waals surface area contributed by atoms with Crippen molar-refractivity contribution in [1.82, 2.24) is 14.8 Å². The highest BCUT2D eigenvalue weighted by molar-refractivity contribution is 6.31. The summed E-state index contributed by atoms with van der Waals surface area (Å²) in [7, 11) is 0. The Balaban J connectivity index is 1.42. The minimum atomic E-state index is -4.98. The molecule has 0 aliphatic rings. The van der Waals surface area contributed by atoms with Gasteiger partial charge in [0.25, 0.3) is 0 Å². The van der Waals surface area contributed by atoms with Crippen LogP contribution < -0.4 is 4.74 Å². The van der Waals surface area contributed by atoms with Gasteiger partial charge in [-0.15, -0.1) is 0 Å². The Morgan fingerprint density at radius 1 is 1.00 bits per heavy atom. The molecule has 0 spiro atoms. The summed E-state index contributed by atoms with van der Waals surface area (Å²) in [5.41, 5.74) is 1.61. The molecule has 0 radical (unpaired) electrons. The first-order valence-corrected chi connectivity index (χ1v) is 12.4. The van der Waals surface area contributed by atoms with Crippen LogP contribution in [0.25, 0.3) is 28.2 Å². The fourth-order valence-electron chi connectivity index (χ4n) is 4.16. The monoisotopic (exact) mass is 574 g/mol. The lowest BCUT2D eigenvalue weighted by molar-refractivity contribution is -0.143. The van der Waals surface area contributed by atoms with Gasteiger partial charge in [-0.2, -0.15) is 23.5 Å². The topological polar surface area (TPSA) is 101 Å². The van der Waals surface area contributed by atoms with Crippen molar-refractivity contribution < 1.29 is 27.8 Å². The molecule has 1 N–H and O–H groups in total. The van der Waals surface area contributed by atoms with E-state index in [1.807, 2.05) is 36.4 Å². The Bertz CT molecular complexity index is 1780. The van der Waals surface area contributed by atoms with Gasteiger partial charge in [-0.25, -0.2) is 14.5 Å². The summed E-state index contributed by atoms with van der Waals surface area (Å²) in [5.74, 6) is -1.60. The molecule has 0 unspecified atom stereocenters. The van der Waals surface area contributed by atoms with Gasteiger partial charge in [0.15, 0.2) is 11.5 Å². The summed E-state index contributed by atoms with van der Waals surface area (Å²) in [6, 6.07) is 26.2. The first-order chi connectivity index (χ1) is 19.6. The Kier molecular flexibility index (Phi) is 7.46. The molecular weight excluding hydrogens is 557 g/mol. The van der Waals surface area contributed by atoms with E-state index in [1.54, 1.807) is 36.4 Å². The average molecular weight is 575 g/mol. The Morgan fingerprint density at radius 3 is 2.32 bits per heavy atom. The molecule has 204 valence electrons. The van der Waals surface area contributed by atoms with Crippen LogP contribution in [0.2, 0.25) is 5.02 Å². The molecule has 2 heterocycles. The second-order valence-corrected chi connectivity index (χ2v) is 9.25. The largest absolute Gasteiger partial charge is 0.488 e. The van der Waals surface area contributed by atoms with E-state index in [9.17, 15) is 23.1 Å². The minimum absolute atomic E-state index is 0.182. The Morgan fingerprint density at radius 2 is 1.68 bits per heavy atom. The number of nitrogens with zero attached hydrogens (tertiary/aromatic N) is 4. The van der Waals surface area contributed by atoms with Crippen LogP contribution in [0.4, 0.5) is 13.2 Å². The summed E-state index contributed by atoms with van der Waals surface area (Å²) >= 11 is 6.23. The van der Waals surface area contributed by atoms with Crippen LogP contribution in [0.1, 0.15) is 27.2 Å². The van der Waals surface area contributed by atoms with Gasteiger partial charge >= 0.3 is 12.1 Å². The van der Waals surface area contributed by atoms with Crippen molar-refractivity contribution in [2.45, 2.75) is 12.8 Å². The van der Waals surface area contributed by atoms with E-state index in [1.165, 1.54) is 12.1 Å². The second kappa shape index (κ2) is 11.2. The van der Waals surface area contributed by atoms with Crippen LogP contribution in [0, 0.1) is 11.3 Å². The fraction of sp³-hybridized carbons (Fsp3) is 0.0667. The van der Waals surface area contributed by atoms with Crippen molar-refractivity contribution in [2.24, 2.45) is 0 Å².